The molecule has 2 nitrogen and oxygen atoms in total. The van der Waals surface area contributed by atoms with Gasteiger partial charge in [-0.05, 0) is 39.2 Å². The Morgan fingerprint density at radius 1 is 1.00 bits per heavy atom. The van der Waals surface area contributed by atoms with Gasteiger partial charge in [0.05, 0.1) is 5.76 Å². The molecule has 0 bridgehead atoms. The Labute approximate surface area is 113 Å². The number of allylic oxidation sites excluding steroid dienone is 2. The van der Waals surface area contributed by atoms with Crippen LogP contribution < -0.4 is 0 Å². The topological polar surface area (TPSA) is 18.5 Å². The van der Waals surface area contributed by atoms with Crippen LogP contribution in [-0.2, 0) is 9.47 Å². The van der Waals surface area contributed by atoms with Crippen molar-refractivity contribution in [2.45, 2.75) is 84.3 Å². The summed E-state index contributed by atoms with van der Waals surface area (Å²) >= 11 is 0. The highest BCUT2D eigenvalue weighted by Crippen LogP contribution is 2.18. The van der Waals surface area contributed by atoms with E-state index in [0.29, 0.717) is 6.61 Å². The molecule has 0 aromatic heterocycles. The van der Waals surface area contributed by atoms with Gasteiger partial charge in [0.15, 0.2) is 6.29 Å². The van der Waals surface area contributed by atoms with Crippen molar-refractivity contribution in [3.63, 3.8) is 0 Å². The SMILES string of the molecule is CCOC(C)O/C1=C/CCCCCCCCCC1. The normalized spacial score (nSPS) is 24.2. The van der Waals surface area contributed by atoms with E-state index in [1.54, 1.807) is 0 Å². The quantitative estimate of drug-likeness (QED) is 0.643. The van der Waals surface area contributed by atoms with Gasteiger partial charge in [0, 0.05) is 13.0 Å². The highest BCUT2D eigenvalue weighted by atomic mass is 16.7. The average molecular weight is 254 g/mol. The van der Waals surface area contributed by atoms with Gasteiger partial charge in [-0.2, -0.15) is 0 Å². The number of ether oxygens (including phenoxy) is 2. The lowest BCUT2D eigenvalue weighted by Crippen LogP contribution is -2.12. The fourth-order valence-electron chi connectivity index (χ4n) is 2.46. The molecule has 0 spiro atoms. The van der Waals surface area contributed by atoms with Crippen molar-refractivity contribution < 1.29 is 9.47 Å². The molecule has 1 rings (SSSR count). The highest BCUT2D eigenvalue weighted by Gasteiger charge is 2.06. The van der Waals surface area contributed by atoms with Gasteiger partial charge >= 0.3 is 0 Å². The molecule has 0 aromatic carbocycles. The smallest absolute Gasteiger partial charge is 0.196 e. The third kappa shape index (κ3) is 7.75. The van der Waals surface area contributed by atoms with E-state index in [1.165, 1.54) is 51.4 Å². The van der Waals surface area contributed by atoms with Crippen LogP contribution in [0.15, 0.2) is 11.8 Å². The van der Waals surface area contributed by atoms with Crippen LogP contribution in [0.3, 0.4) is 0 Å². The minimum Gasteiger partial charge on any atom is -0.470 e. The first-order valence-corrected chi connectivity index (χ1v) is 7.80. The maximum absolute atomic E-state index is 5.87. The molecular weight excluding hydrogens is 224 g/mol. The van der Waals surface area contributed by atoms with Crippen LogP contribution in [0.5, 0.6) is 0 Å². The van der Waals surface area contributed by atoms with Crippen LogP contribution in [-0.4, -0.2) is 12.9 Å². The van der Waals surface area contributed by atoms with Crippen LogP contribution in [0, 0.1) is 0 Å². The van der Waals surface area contributed by atoms with Crippen molar-refractivity contribution in [3.8, 4) is 0 Å². The molecule has 0 radical (unpaired) electrons. The zero-order chi connectivity index (χ0) is 13.1. The largest absolute Gasteiger partial charge is 0.470 e. The Morgan fingerprint density at radius 3 is 2.28 bits per heavy atom. The molecule has 0 amide bonds. The summed E-state index contributed by atoms with van der Waals surface area (Å²) < 4.78 is 11.3. The summed E-state index contributed by atoms with van der Waals surface area (Å²) in [6, 6.07) is 0. The summed E-state index contributed by atoms with van der Waals surface area (Å²) in [7, 11) is 0. The Kier molecular flexibility index (Phi) is 9.01. The second-order valence-corrected chi connectivity index (χ2v) is 5.18. The Bertz CT molecular complexity index is 223. The van der Waals surface area contributed by atoms with Crippen molar-refractivity contribution in [2.24, 2.45) is 0 Å². The van der Waals surface area contributed by atoms with Gasteiger partial charge in [0.25, 0.3) is 0 Å². The van der Waals surface area contributed by atoms with E-state index in [9.17, 15) is 0 Å². The predicted octanol–water partition coefficient (Wildman–Crippen LogP) is 5.18. The first-order valence-electron chi connectivity index (χ1n) is 7.80. The van der Waals surface area contributed by atoms with Gasteiger partial charge in [-0.15, -0.1) is 0 Å². The van der Waals surface area contributed by atoms with E-state index < -0.39 is 0 Å². The summed E-state index contributed by atoms with van der Waals surface area (Å²) in [6.45, 7) is 4.71. The molecule has 2 heteroatoms. The lowest BCUT2D eigenvalue weighted by molar-refractivity contribution is -0.101. The zero-order valence-corrected chi connectivity index (χ0v) is 12.2. The molecule has 0 fully saturated rings. The van der Waals surface area contributed by atoms with Gasteiger partial charge in [0.1, 0.15) is 0 Å². The van der Waals surface area contributed by atoms with Gasteiger partial charge in [0.2, 0.25) is 0 Å². The molecule has 106 valence electrons. The van der Waals surface area contributed by atoms with Crippen LogP contribution in [0.4, 0.5) is 0 Å². The molecule has 1 aliphatic rings. The minimum absolute atomic E-state index is 0.103. The van der Waals surface area contributed by atoms with Crippen LogP contribution in [0.2, 0.25) is 0 Å². The maximum atomic E-state index is 5.87. The molecule has 0 saturated heterocycles. The van der Waals surface area contributed by atoms with Crippen LogP contribution >= 0.6 is 0 Å². The van der Waals surface area contributed by atoms with E-state index in [0.717, 1.165) is 18.6 Å². The molecule has 0 N–H and O–H groups in total. The van der Waals surface area contributed by atoms with E-state index >= 15 is 0 Å². The number of rotatable bonds is 4. The number of hydrogen-bond acceptors (Lipinski definition) is 2. The monoisotopic (exact) mass is 254 g/mol. The van der Waals surface area contributed by atoms with Crippen molar-refractivity contribution >= 4 is 0 Å². The van der Waals surface area contributed by atoms with Crippen LogP contribution in [0.1, 0.15) is 78.1 Å². The molecule has 0 heterocycles. The molecule has 18 heavy (non-hydrogen) atoms. The highest BCUT2D eigenvalue weighted by molar-refractivity contribution is 4.93. The summed E-state index contributed by atoms with van der Waals surface area (Å²) in [6.07, 6.45) is 15.3. The summed E-state index contributed by atoms with van der Waals surface area (Å²) in [5.41, 5.74) is 0. The molecule has 0 saturated carbocycles. The van der Waals surface area contributed by atoms with E-state index in [1.807, 2.05) is 13.8 Å². The Hall–Kier alpha value is -0.500. The van der Waals surface area contributed by atoms with Crippen molar-refractivity contribution in [1.82, 2.24) is 0 Å². The average Bonchev–Trinajstić information content (AvgIpc) is 2.33. The van der Waals surface area contributed by atoms with Crippen molar-refractivity contribution in [2.75, 3.05) is 6.61 Å². The maximum Gasteiger partial charge on any atom is 0.196 e. The van der Waals surface area contributed by atoms with E-state index in [-0.39, 0.29) is 6.29 Å². The summed E-state index contributed by atoms with van der Waals surface area (Å²) in [5, 5.41) is 0. The fraction of sp³-hybridized carbons (Fsp3) is 0.875. The molecule has 0 aromatic rings. The van der Waals surface area contributed by atoms with E-state index in [2.05, 4.69) is 6.08 Å². The Balaban J connectivity index is 2.38. The molecule has 1 unspecified atom stereocenters. The lowest BCUT2D eigenvalue weighted by atomic mass is 10.0. The molecular formula is C16H30O2. The van der Waals surface area contributed by atoms with Crippen molar-refractivity contribution in [3.05, 3.63) is 11.8 Å². The van der Waals surface area contributed by atoms with E-state index in [4.69, 9.17) is 9.47 Å². The second-order valence-electron chi connectivity index (χ2n) is 5.18. The fourth-order valence-corrected chi connectivity index (χ4v) is 2.46. The minimum atomic E-state index is -0.103. The van der Waals surface area contributed by atoms with Gasteiger partial charge in [-0.3, -0.25) is 0 Å². The van der Waals surface area contributed by atoms with Gasteiger partial charge in [-0.25, -0.2) is 0 Å². The zero-order valence-electron chi connectivity index (χ0n) is 12.2. The predicted molar refractivity (Wildman–Crippen MR) is 76.4 cm³/mol. The third-order valence-electron chi connectivity index (χ3n) is 3.47. The standard InChI is InChI=1S/C16H30O2/c1-3-17-15(2)18-16-13-11-9-7-5-4-6-8-10-12-14-16/h13,15H,3-12,14H2,1-2H3/b16-13+. The molecule has 1 aliphatic carbocycles. The first kappa shape index (κ1) is 15.6. The molecule has 1 atom stereocenters. The van der Waals surface area contributed by atoms with Gasteiger partial charge < -0.3 is 9.47 Å². The van der Waals surface area contributed by atoms with Gasteiger partial charge in [-0.1, -0.05) is 38.5 Å². The van der Waals surface area contributed by atoms with Crippen molar-refractivity contribution in [1.29, 1.82) is 0 Å². The summed E-state index contributed by atoms with van der Waals surface area (Å²) in [4.78, 5) is 0. The second kappa shape index (κ2) is 10.4. The third-order valence-corrected chi connectivity index (χ3v) is 3.47. The first-order chi connectivity index (χ1) is 8.83. The molecule has 0 aliphatic heterocycles. The Morgan fingerprint density at radius 2 is 1.61 bits per heavy atom. The number of hydrogen-bond donors (Lipinski definition) is 0. The summed E-state index contributed by atoms with van der Waals surface area (Å²) in [5.74, 6) is 1.15. The lowest BCUT2D eigenvalue weighted by Gasteiger charge is -2.17. The van der Waals surface area contributed by atoms with Crippen LogP contribution in [0.25, 0.3) is 0 Å².